The molecule has 1 aliphatic rings. The minimum absolute atomic E-state index is 0.198. The summed E-state index contributed by atoms with van der Waals surface area (Å²) < 4.78 is 11.3. The summed E-state index contributed by atoms with van der Waals surface area (Å²) >= 11 is 0. The van der Waals surface area contributed by atoms with Crippen molar-refractivity contribution in [2.75, 3.05) is 13.2 Å². The number of allylic oxidation sites excluding steroid dienone is 17. The van der Waals surface area contributed by atoms with Crippen molar-refractivity contribution in [1.82, 2.24) is 5.32 Å². The lowest BCUT2D eigenvalue weighted by molar-refractivity contribution is -0.302. The maximum absolute atomic E-state index is 13.1. The molecule has 0 saturated carbocycles. The Balaban J connectivity index is 2.24. The van der Waals surface area contributed by atoms with Crippen LogP contribution in [0.5, 0.6) is 0 Å². The highest BCUT2D eigenvalue weighted by atomic mass is 16.7. The van der Waals surface area contributed by atoms with Crippen molar-refractivity contribution in [2.45, 2.75) is 301 Å². The monoisotopic (exact) mass is 1080 g/mol. The lowest BCUT2D eigenvalue weighted by atomic mass is 9.99. The second kappa shape index (κ2) is 56.1. The zero-order chi connectivity index (χ0) is 55.8. The Kier molecular flexibility index (Phi) is 52.4. The number of unbranched alkanes of at least 4 members (excludes halogenated alkanes) is 27. The van der Waals surface area contributed by atoms with Crippen molar-refractivity contribution in [1.29, 1.82) is 0 Å². The molecule has 1 rings (SSSR count). The van der Waals surface area contributed by atoms with E-state index in [1.54, 1.807) is 6.08 Å². The molecule has 1 aliphatic heterocycles. The first-order valence-corrected chi connectivity index (χ1v) is 31.6. The highest BCUT2D eigenvalue weighted by molar-refractivity contribution is 5.76. The fourth-order valence-corrected chi connectivity index (χ4v) is 9.37. The highest BCUT2D eigenvalue weighted by Crippen LogP contribution is 2.23. The number of aliphatic hydroxyl groups excluding tert-OH is 5. The number of carbonyl (C=O) groups excluding carboxylic acids is 1. The molecule has 1 fully saturated rings. The Morgan fingerprint density at radius 3 is 1.25 bits per heavy atom. The minimum Gasteiger partial charge on any atom is -0.394 e. The Morgan fingerprint density at radius 1 is 0.455 bits per heavy atom. The third-order valence-corrected chi connectivity index (χ3v) is 14.3. The molecule has 9 heteroatoms. The van der Waals surface area contributed by atoms with Gasteiger partial charge in [-0.1, -0.05) is 264 Å². The van der Waals surface area contributed by atoms with Gasteiger partial charge in [0, 0.05) is 6.42 Å². The standard InChI is InChI=1S/C68H117NO8/c1-3-5-7-9-11-13-15-17-19-21-23-25-27-29-30-31-32-34-36-38-40-42-44-46-48-50-52-54-56-58-64(72)69-61(60-76-68-67(75)66(74)65(73)63(59-70)77-68)62(71)57-55-53-51-49-47-45-43-41-39-37-35-33-28-26-24-22-20-18-16-14-12-10-8-6-4-2/h5,7,11,13,17,19,23,25,29-30,32,34,39,41,47,49,55,57,61-63,65-68,70-71,73-75H,3-4,6,8-10,12,14-16,18,20-22,24,26-28,31,33,35-38,40,42-46,48,50-54,56,58-60H2,1-2H3,(H,69,72)/b7-5-,13-11-,19-17-,25-23-,30-29-,34-32-,41-39+,49-47+,57-55+. The topological polar surface area (TPSA) is 149 Å². The van der Waals surface area contributed by atoms with Gasteiger partial charge in [0.2, 0.25) is 5.91 Å². The second-order valence-corrected chi connectivity index (χ2v) is 21.4. The first kappa shape index (κ1) is 71.9. The molecule has 77 heavy (non-hydrogen) atoms. The summed E-state index contributed by atoms with van der Waals surface area (Å²) in [7, 11) is 0. The maximum Gasteiger partial charge on any atom is 0.220 e. The van der Waals surface area contributed by atoms with Gasteiger partial charge in [-0.25, -0.2) is 0 Å². The van der Waals surface area contributed by atoms with Gasteiger partial charge in [0.1, 0.15) is 24.4 Å². The number of amides is 1. The summed E-state index contributed by atoms with van der Waals surface area (Å²) in [5.74, 6) is -0.198. The molecular formula is C68H117NO8. The maximum atomic E-state index is 13.1. The predicted molar refractivity (Wildman–Crippen MR) is 327 cm³/mol. The van der Waals surface area contributed by atoms with Gasteiger partial charge in [-0.2, -0.15) is 0 Å². The molecule has 442 valence electrons. The molecule has 0 aromatic rings. The van der Waals surface area contributed by atoms with E-state index < -0.39 is 49.5 Å². The van der Waals surface area contributed by atoms with Gasteiger partial charge < -0.3 is 40.3 Å². The van der Waals surface area contributed by atoms with Crippen molar-refractivity contribution < 1.29 is 39.8 Å². The van der Waals surface area contributed by atoms with Crippen molar-refractivity contribution in [3.05, 3.63) is 109 Å². The molecule has 0 radical (unpaired) electrons. The molecule has 6 N–H and O–H groups in total. The first-order chi connectivity index (χ1) is 37.8. The van der Waals surface area contributed by atoms with Crippen molar-refractivity contribution in [3.63, 3.8) is 0 Å². The van der Waals surface area contributed by atoms with Crippen LogP contribution in [0.4, 0.5) is 0 Å². The average molecular weight is 1080 g/mol. The van der Waals surface area contributed by atoms with E-state index in [4.69, 9.17) is 9.47 Å². The number of nitrogens with one attached hydrogen (secondary N) is 1. The Morgan fingerprint density at radius 2 is 0.818 bits per heavy atom. The van der Waals surface area contributed by atoms with E-state index in [0.717, 1.165) is 96.3 Å². The van der Waals surface area contributed by atoms with E-state index in [1.807, 2.05) is 6.08 Å². The fraction of sp³-hybridized carbons (Fsp3) is 0.721. The molecule has 1 heterocycles. The fourth-order valence-electron chi connectivity index (χ4n) is 9.37. The summed E-state index contributed by atoms with van der Waals surface area (Å²) in [6.07, 6.45) is 75.9. The SMILES string of the molecule is CC/C=C\C/C=C\C/C=C\C/C=C\C/C=C\C/C=C\CCCCCCCCCCCCC(=O)NC(COC1OC(CO)C(O)C(O)C1O)C(O)/C=C/CC/C=C/CC/C=C/CCCCCCCCCCCCCCCCC. The van der Waals surface area contributed by atoms with Crippen LogP contribution >= 0.6 is 0 Å². The summed E-state index contributed by atoms with van der Waals surface area (Å²) in [4.78, 5) is 13.1. The smallest absolute Gasteiger partial charge is 0.220 e. The van der Waals surface area contributed by atoms with Crippen LogP contribution in [0.25, 0.3) is 0 Å². The summed E-state index contributed by atoms with van der Waals surface area (Å²) in [6, 6.07) is -0.839. The van der Waals surface area contributed by atoms with Crippen LogP contribution in [0.3, 0.4) is 0 Å². The van der Waals surface area contributed by atoms with E-state index in [0.29, 0.717) is 6.42 Å². The van der Waals surface area contributed by atoms with E-state index in [1.165, 1.54) is 141 Å². The summed E-state index contributed by atoms with van der Waals surface area (Å²) in [6.45, 7) is 3.65. The first-order valence-electron chi connectivity index (χ1n) is 31.6. The van der Waals surface area contributed by atoms with Crippen LogP contribution in [0.1, 0.15) is 258 Å². The third-order valence-electron chi connectivity index (χ3n) is 14.3. The molecule has 0 aromatic heterocycles. The van der Waals surface area contributed by atoms with E-state index in [2.05, 4.69) is 116 Å². The van der Waals surface area contributed by atoms with Gasteiger partial charge in [-0.3, -0.25) is 4.79 Å². The highest BCUT2D eigenvalue weighted by Gasteiger charge is 2.44. The zero-order valence-electron chi connectivity index (χ0n) is 49.2. The zero-order valence-corrected chi connectivity index (χ0v) is 49.2. The largest absolute Gasteiger partial charge is 0.394 e. The average Bonchev–Trinajstić information content (AvgIpc) is 3.43. The molecule has 1 saturated heterocycles. The van der Waals surface area contributed by atoms with E-state index in [9.17, 15) is 30.3 Å². The normalized spacial score (nSPS) is 19.5. The molecule has 1 amide bonds. The summed E-state index contributed by atoms with van der Waals surface area (Å²) in [5, 5.41) is 54.6. The van der Waals surface area contributed by atoms with Crippen LogP contribution in [0.15, 0.2) is 109 Å². The predicted octanol–water partition coefficient (Wildman–Crippen LogP) is 16.5. The molecule has 7 atom stereocenters. The van der Waals surface area contributed by atoms with Crippen molar-refractivity contribution in [2.24, 2.45) is 0 Å². The van der Waals surface area contributed by atoms with Crippen molar-refractivity contribution in [3.8, 4) is 0 Å². The van der Waals surface area contributed by atoms with Gasteiger partial charge in [-0.05, 0) is 96.3 Å². The lowest BCUT2D eigenvalue weighted by Gasteiger charge is -2.40. The van der Waals surface area contributed by atoms with Gasteiger partial charge in [0.15, 0.2) is 6.29 Å². The second-order valence-electron chi connectivity index (χ2n) is 21.4. The quantitative estimate of drug-likeness (QED) is 0.0261. The number of rotatable bonds is 53. The van der Waals surface area contributed by atoms with Crippen LogP contribution in [-0.2, 0) is 14.3 Å². The van der Waals surface area contributed by atoms with Crippen LogP contribution < -0.4 is 5.32 Å². The Labute approximate surface area is 472 Å². The van der Waals surface area contributed by atoms with Crippen LogP contribution in [0.2, 0.25) is 0 Å². The van der Waals surface area contributed by atoms with Crippen molar-refractivity contribution >= 4 is 5.91 Å². The molecule has 7 unspecified atom stereocenters. The van der Waals surface area contributed by atoms with E-state index >= 15 is 0 Å². The van der Waals surface area contributed by atoms with Crippen LogP contribution in [0, 0.1) is 0 Å². The van der Waals surface area contributed by atoms with Crippen LogP contribution in [-0.4, -0.2) is 87.5 Å². The molecule has 0 aromatic carbocycles. The lowest BCUT2D eigenvalue weighted by Crippen LogP contribution is -2.60. The Hall–Kier alpha value is -3.15. The number of hydrogen-bond donors (Lipinski definition) is 6. The number of hydrogen-bond acceptors (Lipinski definition) is 8. The third kappa shape index (κ3) is 45.3. The van der Waals surface area contributed by atoms with Gasteiger partial charge in [-0.15, -0.1) is 0 Å². The Bertz CT molecular complexity index is 1580. The van der Waals surface area contributed by atoms with E-state index in [-0.39, 0.29) is 12.5 Å². The molecular weight excluding hydrogens is 959 g/mol. The number of ether oxygens (including phenoxy) is 2. The van der Waals surface area contributed by atoms with Gasteiger partial charge >= 0.3 is 0 Å². The van der Waals surface area contributed by atoms with Gasteiger partial charge in [0.25, 0.3) is 0 Å². The molecule has 0 bridgehead atoms. The molecule has 0 aliphatic carbocycles. The number of aliphatic hydroxyl groups is 5. The molecule has 9 nitrogen and oxygen atoms in total. The molecule has 0 spiro atoms. The van der Waals surface area contributed by atoms with Gasteiger partial charge in [0.05, 0.1) is 25.4 Å². The number of carbonyl (C=O) groups is 1. The summed E-state index contributed by atoms with van der Waals surface area (Å²) in [5.41, 5.74) is 0. The minimum atomic E-state index is -1.58.